The fraction of sp³-hybridized carbons (Fsp3) is 0.286. The number of hydrogen-bond acceptors (Lipinski definition) is 3. The summed E-state index contributed by atoms with van der Waals surface area (Å²) < 4.78 is 0. The van der Waals surface area contributed by atoms with Crippen molar-refractivity contribution in [1.29, 1.82) is 0 Å². The van der Waals surface area contributed by atoms with Crippen molar-refractivity contribution in [2.75, 3.05) is 0 Å². The maximum Gasteiger partial charge on any atom is 1.00 e. The molecule has 1 aliphatic rings. The van der Waals surface area contributed by atoms with Gasteiger partial charge in [0.15, 0.2) is 0 Å². The summed E-state index contributed by atoms with van der Waals surface area (Å²) in [6, 6.07) is 6.57. The summed E-state index contributed by atoms with van der Waals surface area (Å²) in [5.41, 5.74) is 0.703. The van der Waals surface area contributed by atoms with Gasteiger partial charge in [0.25, 0.3) is 0 Å². The van der Waals surface area contributed by atoms with Gasteiger partial charge < -0.3 is 14.4 Å². The van der Waals surface area contributed by atoms with Crippen LogP contribution in [-0.4, -0.2) is 17.3 Å². The normalized spacial score (nSPS) is 13.6. The standard InChI is InChI=1S/C14H13O3.Na/c1-8(2)7-11(15)12-13(16)9-5-3-4-6-10(9)14(12)17;/h3-6,8H,7H2,1-2H3;/q-1;+1. The van der Waals surface area contributed by atoms with Crippen LogP contribution < -0.4 is 29.6 Å². The molecule has 0 heterocycles. The number of carbonyl (C=O) groups is 3. The van der Waals surface area contributed by atoms with E-state index >= 15 is 0 Å². The van der Waals surface area contributed by atoms with E-state index in [-0.39, 0.29) is 53.6 Å². The Morgan fingerprint density at radius 2 is 1.56 bits per heavy atom. The number of Topliss-reactive ketones (excluding diaryl/α,β-unsaturated/α-hetero) is 3. The summed E-state index contributed by atoms with van der Waals surface area (Å²) in [5, 5.41) is 0. The van der Waals surface area contributed by atoms with Gasteiger partial charge in [-0.05, 0) is 5.92 Å². The topological polar surface area (TPSA) is 51.2 Å². The van der Waals surface area contributed by atoms with Crippen molar-refractivity contribution in [3.05, 3.63) is 41.3 Å². The van der Waals surface area contributed by atoms with Crippen molar-refractivity contribution < 1.29 is 43.9 Å². The molecule has 0 aromatic heterocycles. The maximum absolute atomic E-state index is 12.0. The van der Waals surface area contributed by atoms with Crippen molar-refractivity contribution in [2.24, 2.45) is 5.92 Å². The summed E-state index contributed by atoms with van der Waals surface area (Å²) in [5.74, 6) is -1.21. The SMILES string of the molecule is CC(C)CC(=O)[C-]1C(=O)c2ccccc2C1=O.[Na+]. The monoisotopic (exact) mass is 252 g/mol. The fourth-order valence-corrected chi connectivity index (χ4v) is 1.98. The molecule has 2 rings (SSSR count). The first-order chi connectivity index (χ1) is 8.02. The molecule has 1 aliphatic carbocycles. The second kappa shape index (κ2) is 5.83. The van der Waals surface area contributed by atoms with Crippen LogP contribution in [0.25, 0.3) is 0 Å². The number of rotatable bonds is 3. The smallest absolute Gasteiger partial charge is 0.318 e. The summed E-state index contributed by atoms with van der Waals surface area (Å²) in [4.78, 5) is 35.8. The van der Waals surface area contributed by atoms with Gasteiger partial charge in [-0.15, -0.1) is 23.3 Å². The largest absolute Gasteiger partial charge is 1.00 e. The van der Waals surface area contributed by atoms with E-state index in [4.69, 9.17) is 0 Å². The third kappa shape index (κ3) is 2.58. The van der Waals surface area contributed by atoms with Gasteiger partial charge in [-0.3, -0.25) is 0 Å². The van der Waals surface area contributed by atoms with Crippen molar-refractivity contribution in [2.45, 2.75) is 20.3 Å². The van der Waals surface area contributed by atoms with E-state index in [2.05, 4.69) is 0 Å². The maximum atomic E-state index is 12.0. The van der Waals surface area contributed by atoms with Gasteiger partial charge >= 0.3 is 29.6 Å². The molecule has 18 heavy (non-hydrogen) atoms. The van der Waals surface area contributed by atoms with Crippen LogP contribution in [0.4, 0.5) is 0 Å². The molecule has 0 saturated heterocycles. The van der Waals surface area contributed by atoms with Crippen molar-refractivity contribution >= 4 is 17.3 Å². The second-order valence-electron chi connectivity index (χ2n) is 4.60. The summed E-state index contributed by atoms with van der Waals surface area (Å²) >= 11 is 0. The molecule has 0 unspecified atom stereocenters. The Bertz CT molecular complexity index is 471. The molecular weight excluding hydrogens is 239 g/mol. The van der Waals surface area contributed by atoms with E-state index in [1.807, 2.05) is 13.8 Å². The van der Waals surface area contributed by atoms with Gasteiger partial charge in [0.2, 0.25) is 0 Å². The molecule has 0 radical (unpaired) electrons. The van der Waals surface area contributed by atoms with Crippen LogP contribution in [0.5, 0.6) is 0 Å². The number of carbonyl (C=O) groups excluding carboxylic acids is 3. The average Bonchev–Trinajstić information content (AvgIpc) is 2.51. The summed E-state index contributed by atoms with van der Waals surface area (Å²) in [6.45, 7) is 3.77. The molecule has 0 fully saturated rings. The first-order valence-electron chi connectivity index (χ1n) is 5.61. The summed E-state index contributed by atoms with van der Waals surface area (Å²) in [6.07, 6.45) is 0.237. The molecule has 1 aromatic carbocycles. The van der Waals surface area contributed by atoms with Crippen molar-refractivity contribution in [1.82, 2.24) is 0 Å². The Labute approximate surface area is 128 Å². The number of benzene rings is 1. The van der Waals surface area contributed by atoms with E-state index in [0.29, 0.717) is 11.1 Å². The van der Waals surface area contributed by atoms with E-state index in [1.165, 1.54) is 0 Å². The molecular formula is C14H13NaO3. The zero-order valence-electron chi connectivity index (χ0n) is 10.8. The number of fused-ring (bicyclic) bond motifs is 1. The Morgan fingerprint density at radius 1 is 1.11 bits per heavy atom. The molecule has 0 atom stereocenters. The predicted molar refractivity (Wildman–Crippen MR) is 62.8 cm³/mol. The van der Waals surface area contributed by atoms with Gasteiger partial charge in [-0.25, -0.2) is 0 Å². The van der Waals surface area contributed by atoms with E-state index in [9.17, 15) is 14.4 Å². The Hall–Kier alpha value is -0.900. The van der Waals surface area contributed by atoms with Gasteiger partial charge in [0, 0.05) is 12.3 Å². The van der Waals surface area contributed by atoms with E-state index < -0.39 is 11.6 Å². The molecule has 4 heteroatoms. The summed E-state index contributed by atoms with van der Waals surface area (Å²) in [7, 11) is 0. The van der Waals surface area contributed by atoms with Crippen LogP contribution in [0, 0.1) is 11.8 Å². The Kier molecular flexibility index (Phi) is 4.91. The number of ketones is 3. The fourth-order valence-electron chi connectivity index (χ4n) is 1.98. The molecule has 0 amide bonds. The quantitative estimate of drug-likeness (QED) is 0.526. The number of hydrogen-bond donors (Lipinski definition) is 0. The van der Waals surface area contributed by atoms with Gasteiger partial charge in [0.05, 0.1) is 11.6 Å². The molecule has 0 spiro atoms. The molecule has 0 N–H and O–H groups in total. The van der Waals surface area contributed by atoms with Crippen molar-refractivity contribution in [3.63, 3.8) is 0 Å². The molecule has 0 saturated carbocycles. The van der Waals surface area contributed by atoms with Gasteiger partial charge in [-0.1, -0.05) is 26.0 Å². The van der Waals surface area contributed by atoms with Crippen LogP contribution in [0.3, 0.4) is 0 Å². The Balaban J connectivity index is 0.00000162. The zero-order chi connectivity index (χ0) is 12.6. The third-order valence-corrected chi connectivity index (χ3v) is 2.74. The first kappa shape index (κ1) is 15.2. The zero-order valence-corrected chi connectivity index (χ0v) is 12.8. The molecule has 0 bridgehead atoms. The molecule has 0 aliphatic heterocycles. The van der Waals surface area contributed by atoms with Crippen LogP contribution in [0.15, 0.2) is 24.3 Å². The van der Waals surface area contributed by atoms with Gasteiger partial charge in [0.1, 0.15) is 5.78 Å². The van der Waals surface area contributed by atoms with Crippen LogP contribution in [0.1, 0.15) is 41.0 Å². The van der Waals surface area contributed by atoms with Crippen LogP contribution in [0.2, 0.25) is 0 Å². The second-order valence-corrected chi connectivity index (χ2v) is 4.60. The van der Waals surface area contributed by atoms with Crippen LogP contribution in [-0.2, 0) is 4.79 Å². The molecule has 1 aromatic rings. The minimum absolute atomic E-state index is 0. The van der Waals surface area contributed by atoms with Crippen LogP contribution >= 0.6 is 0 Å². The third-order valence-electron chi connectivity index (χ3n) is 2.74. The Morgan fingerprint density at radius 3 is 1.94 bits per heavy atom. The van der Waals surface area contributed by atoms with E-state index in [1.54, 1.807) is 24.3 Å². The van der Waals surface area contributed by atoms with Crippen molar-refractivity contribution in [3.8, 4) is 0 Å². The molecule has 3 nitrogen and oxygen atoms in total. The minimum atomic E-state index is -0.420. The molecule has 88 valence electrons. The average molecular weight is 252 g/mol. The van der Waals surface area contributed by atoms with Gasteiger partial charge in [-0.2, -0.15) is 0 Å². The van der Waals surface area contributed by atoms with E-state index in [0.717, 1.165) is 0 Å². The first-order valence-corrected chi connectivity index (χ1v) is 5.61. The minimum Gasteiger partial charge on any atom is -0.318 e. The predicted octanol–water partition coefficient (Wildman–Crippen LogP) is -0.741.